The van der Waals surface area contributed by atoms with Gasteiger partial charge in [0.1, 0.15) is 11.4 Å². The molecule has 1 aliphatic heterocycles. The van der Waals surface area contributed by atoms with Gasteiger partial charge in [0.2, 0.25) is 0 Å². The highest BCUT2D eigenvalue weighted by atomic mass is 32.1. The first-order valence-electron chi connectivity index (χ1n) is 10.5. The van der Waals surface area contributed by atoms with Crippen molar-refractivity contribution in [3.05, 3.63) is 59.1 Å². The normalized spacial score (nSPS) is 14.0. The Bertz CT molecular complexity index is 1190. The summed E-state index contributed by atoms with van der Waals surface area (Å²) in [4.78, 5) is 49.5. The van der Waals surface area contributed by atoms with Crippen molar-refractivity contribution in [2.45, 2.75) is 0 Å². The van der Waals surface area contributed by atoms with Crippen LogP contribution in [-0.4, -0.2) is 82.5 Å². The average molecular weight is 482 g/mol. The number of likely N-dealkylation sites (N-methyl/N-ethyl adjacent to an activating group) is 1. The van der Waals surface area contributed by atoms with Gasteiger partial charge in [0, 0.05) is 48.9 Å². The van der Waals surface area contributed by atoms with Gasteiger partial charge >= 0.3 is 5.97 Å². The number of thiazole rings is 1. The fraction of sp³-hybridized carbons (Fsp3) is 0.261. The molecule has 1 saturated heterocycles. The molecule has 0 atom stereocenters. The molecule has 0 spiro atoms. The minimum Gasteiger partial charge on any atom is -0.482 e. The number of nitrogens with zero attached hydrogens (tertiary/aromatic N) is 4. The molecule has 176 valence electrons. The number of aromatic nitrogens is 2. The first-order valence-corrected chi connectivity index (χ1v) is 11.4. The maximum absolute atomic E-state index is 13.1. The van der Waals surface area contributed by atoms with Crippen LogP contribution in [0.4, 0.5) is 5.13 Å². The van der Waals surface area contributed by atoms with E-state index in [1.165, 1.54) is 29.5 Å². The Morgan fingerprint density at radius 2 is 1.85 bits per heavy atom. The van der Waals surface area contributed by atoms with Crippen LogP contribution < -0.4 is 10.1 Å². The van der Waals surface area contributed by atoms with Crippen molar-refractivity contribution in [1.82, 2.24) is 19.8 Å². The van der Waals surface area contributed by atoms with E-state index in [0.29, 0.717) is 29.6 Å². The van der Waals surface area contributed by atoms with Crippen LogP contribution in [0.5, 0.6) is 5.75 Å². The Hall–Kier alpha value is -3.83. The van der Waals surface area contributed by atoms with Crippen LogP contribution in [0.1, 0.15) is 20.7 Å². The molecule has 0 saturated carbocycles. The van der Waals surface area contributed by atoms with Gasteiger partial charge in [-0.2, -0.15) is 0 Å². The summed E-state index contributed by atoms with van der Waals surface area (Å²) in [6.07, 6.45) is 1.66. The largest absolute Gasteiger partial charge is 0.482 e. The number of carbonyl (C=O) groups is 3. The quantitative estimate of drug-likeness (QED) is 0.527. The SMILES string of the molecule is CN1CCN(C(=O)c2cc(OCC(=O)O)cc(C(=O)Nc3nc(-c4ccccn4)cs3)c2)CC1. The number of nitrogens with one attached hydrogen (secondary N) is 1. The number of piperazine rings is 1. The van der Waals surface area contributed by atoms with Crippen LogP contribution >= 0.6 is 11.3 Å². The van der Waals surface area contributed by atoms with Crippen LogP contribution in [0.15, 0.2) is 48.0 Å². The van der Waals surface area contributed by atoms with Gasteiger partial charge in [-0.1, -0.05) is 6.07 Å². The second kappa shape index (κ2) is 10.4. The van der Waals surface area contributed by atoms with Crippen molar-refractivity contribution in [3.63, 3.8) is 0 Å². The number of ether oxygens (including phenoxy) is 1. The monoisotopic (exact) mass is 481 g/mol. The van der Waals surface area contributed by atoms with Crippen molar-refractivity contribution in [1.29, 1.82) is 0 Å². The van der Waals surface area contributed by atoms with E-state index in [1.807, 2.05) is 19.2 Å². The summed E-state index contributed by atoms with van der Waals surface area (Å²) >= 11 is 1.25. The number of amides is 2. The lowest BCUT2D eigenvalue weighted by Crippen LogP contribution is -2.47. The Labute approximate surface area is 199 Å². The number of hydrogen-bond acceptors (Lipinski definition) is 8. The van der Waals surface area contributed by atoms with Crippen LogP contribution in [0.25, 0.3) is 11.4 Å². The van der Waals surface area contributed by atoms with E-state index in [4.69, 9.17) is 9.84 Å². The van der Waals surface area contributed by atoms with E-state index in [1.54, 1.807) is 22.5 Å². The molecule has 1 aromatic carbocycles. The average Bonchev–Trinajstić information content (AvgIpc) is 3.31. The lowest BCUT2D eigenvalue weighted by Gasteiger charge is -2.32. The second-order valence-electron chi connectivity index (χ2n) is 7.73. The highest BCUT2D eigenvalue weighted by molar-refractivity contribution is 7.14. The zero-order valence-corrected chi connectivity index (χ0v) is 19.2. The van der Waals surface area contributed by atoms with Gasteiger partial charge in [-0.3, -0.25) is 19.9 Å². The molecule has 11 heteroatoms. The van der Waals surface area contributed by atoms with Crippen LogP contribution in [0.2, 0.25) is 0 Å². The topological polar surface area (TPSA) is 125 Å². The van der Waals surface area contributed by atoms with Crippen LogP contribution in [0.3, 0.4) is 0 Å². The number of carbonyl (C=O) groups excluding carboxylic acids is 2. The molecule has 3 aromatic rings. The fourth-order valence-electron chi connectivity index (χ4n) is 3.41. The maximum Gasteiger partial charge on any atom is 0.341 e. The molecule has 34 heavy (non-hydrogen) atoms. The molecule has 10 nitrogen and oxygen atoms in total. The van der Waals surface area contributed by atoms with E-state index in [0.717, 1.165) is 13.1 Å². The zero-order chi connectivity index (χ0) is 24.1. The molecule has 2 aromatic heterocycles. The smallest absolute Gasteiger partial charge is 0.341 e. The number of carboxylic acid groups (broad SMARTS) is 1. The number of carboxylic acids is 1. The first kappa shape index (κ1) is 23.3. The number of pyridine rings is 1. The number of hydrogen-bond donors (Lipinski definition) is 2. The van der Waals surface area contributed by atoms with Gasteiger partial charge in [0.25, 0.3) is 11.8 Å². The van der Waals surface area contributed by atoms with E-state index in [9.17, 15) is 14.4 Å². The Kier molecular flexibility index (Phi) is 7.14. The van der Waals surface area contributed by atoms with Crippen molar-refractivity contribution in [2.75, 3.05) is 45.2 Å². The highest BCUT2D eigenvalue weighted by Crippen LogP contribution is 2.25. The zero-order valence-electron chi connectivity index (χ0n) is 18.4. The number of rotatable bonds is 7. The fourth-order valence-corrected chi connectivity index (χ4v) is 4.11. The molecule has 0 radical (unpaired) electrons. The summed E-state index contributed by atoms with van der Waals surface area (Å²) in [6, 6.07) is 9.83. The summed E-state index contributed by atoms with van der Waals surface area (Å²) in [7, 11) is 1.99. The summed E-state index contributed by atoms with van der Waals surface area (Å²) < 4.78 is 5.29. The standard InChI is InChI=1S/C23H23N5O5S/c1-27-6-8-28(9-7-27)22(32)16-10-15(11-17(12-16)33-13-20(29)30)21(31)26-23-25-19(14-34-23)18-4-2-3-5-24-18/h2-5,10-12,14H,6-9,13H2,1H3,(H,29,30)(H,25,26,31). The third-order valence-electron chi connectivity index (χ3n) is 5.22. The van der Waals surface area contributed by atoms with Crippen molar-refractivity contribution >= 4 is 34.3 Å². The van der Waals surface area contributed by atoms with E-state index >= 15 is 0 Å². The molecular formula is C23H23N5O5S. The minimum atomic E-state index is -1.16. The van der Waals surface area contributed by atoms with E-state index in [-0.39, 0.29) is 22.8 Å². The summed E-state index contributed by atoms with van der Waals surface area (Å²) in [6.45, 7) is 2.03. The third-order valence-corrected chi connectivity index (χ3v) is 5.98. The molecule has 2 N–H and O–H groups in total. The minimum absolute atomic E-state index is 0.126. The molecular weight excluding hydrogens is 458 g/mol. The Balaban J connectivity index is 1.55. The van der Waals surface area contributed by atoms with Crippen molar-refractivity contribution < 1.29 is 24.2 Å². The summed E-state index contributed by atoms with van der Waals surface area (Å²) in [5.74, 6) is -1.77. The Morgan fingerprint density at radius 3 is 2.56 bits per heavy atom. The van der Waals surface area contributed by atoms with E-state index in [2.05, 4.69) is 20.2 Å². The van der Waals surface area contributed by atoms with Crippen molar-refractivity contribution in [3.8, 4) is 17.1 Å². The lowest BCUT2D eigenvalue weighted by atomic mass is 10.1. The predicted octanol–water partition coefficient (Wildman–Crippen LogP) is 2.31. The lowest BCUT2D eigenvalue weighted by molar-refractivity contribution is -0.139. The third kappa shape index (κ3) is 5.74. The van der Waals surface area contributed by atoms with Crippen LogP contribution in [-0.2, 0) is 4.79 Å². The number of benzene rings is 1. The summed E-state index contributed by atoms with van der Waals surface area (Å²) in [5.41, 5.74) is 1.73. The van der Waals surface area contributed by atoms with Gasteiger partial charge in [0.05, 0.1) is 5.69 Å². The first-order chi connectivity index (χ1) is 16.4. The van der Waals surface area contributed by atoms with Crippen molar-refractivity contribution in [2.24, 2.45) is 0 Å². The maximum atomic E-state index is 13.1. The van der Waals surface area contributed by atoms with E-state index < -0.39 is 18.5 Å². The Morgan fingerprint density at radius 1 is 1.09 bits per heavy atom. The molecule has 1 aliphatic rings. The van der Waals surface area contributed by atoms with Gasteiger partial charge in [-0.05, 0) is 37.4 Å². The molecule has 1 fully saturated rings. The van der Waals surface area contributed by atoms with Gasteiger partial charge in [0.15, 0.2) is 11.7 Å². The molecule has 0 unspecified atom stereocenters. The molecule has 3 heterocycles. The number of anilines is 1. The molecule has 2 amide bonds. The summed E-state index contributed by atoms with van der Waals surface area (Å²) in [5, 5.41) is 13.8. The molecule has 0 bridgehead atoms. The van der Waals surface area contributed by atoms with Gasteiger partial charge < -0.3 is 19.6 Å². The van der Waals surface area contributed by atoms with Gasteiger partial charge in [-0.25, -0.2) is 9.78 Å². The van der Waals surface area contributed by atoms with Gasteiger partial charge in [-0.15, -0.1) is 11.3 Å². The van der Waals surface area contributed by atoms with Crippen LogP contribution in [0, 0.1) is 0 Å². The second-order valence-corrected chi connectivity index (χ2v) is 8.59. The highest BCUT2D eigenvalue weighted by Gasteiger charge is 2.23. The predicted molar refractivity (Wildman–Crippen MR) is 126 cm³/mol. The number of aliphatic carboxylic acids is 1. The molecule has 0 aliphatic carbocycles. The molecule has 4 rings (SSSR count).